The molecular weight excluding hydrogens is 554 g/mol. The maximum Gasteiger partial charge on any atom is 0.134 e. The van der Waals surface area contributed by atoms with E-state index in [4.69, 9.17) is 9.88 Å². The predicted molar refractivity (Wildman–Crippen MR) is 177 cm³/mol. The minimum atomic E-state index is -3.09. The minimum absolute atomic E-state index is 0.123. The summed E-state index contributed by atoms with van der Waals surface area (Å²) >= 11 is 0. The van der Waals surface area contributed by atoms with Gasteiger partial charge in [-0.05, 0) is 71.6 Å². The van der Waals surface area contributed by atoms with Crippen LogP contribution in [-0.4, -0.2) is 36.0 Å². The second-order valence-corrected chi connectivity index (χ2v) is 13.5. The zero-order chi connectivity index (χ0) is 31.0. The van der Waals surface area contributed by atoms with Gasteiger partial charge in [0, 0.05) is 24.4 Å². The number of nitrogens with two attached hydrogens (primary N) is 1. The lowest BCUT2D eigenvalue weighted by Crippen LogP contribution is -2.16. The molecule has 0 saturated heterocycles. The van der Waals surface area contributed by atoms with Crippen molar-refractivity contribution < 1.29 is 13.7 Å². The summed E-state index contributed by atoms with van der Waals surface area (Å²) in [5.74, 6) is 0.854. The molecule has 0 fully saturated rings. The second kappa shape index (κ2) is 14.6. The largest absolute Gasteiger partial charge is 0.488 e. The van der Waals surface area contributed by atoms with Crippen molar-refractivity contribution in [1.82, 2.24) is 4.90 Å². The molecule has 4 aromatic carbocycles. The van der Waals surface area contributed by atoms with Crippen molar-refractivity contribution in [3.05, 3.63) is 119 Å². The van der Waals surface area contributed by atoms with E-state index in [1.165, 1.54) is 0 Å². The molecule has 4 rings (SSSR count). The standard InChI is InChI=1S/C36H43N3O3S/c1-26(2)34-21-30(32-13-9-10-14-36(32)42-25-29-11-7-6-8-12-29)22-35(33(34)19-20-40)27(3)23-38-43(37,41)31-17-15-28(16-18-31)24-39(4)5/h6-18,20-22,26-27H,19,23-25H2,1-5H3,(H2,37,38,41). The first-order valence-electron chi connectivity index (χ1n) is 14.7. The van der Waals surface area contributed by atoms with Crippen LogP contribution in [0.1, 0.15) is 60.4 Å². The molecule has 226 valence electrons. The van der Waals surface area contributed by atoms with Gasteiger partial charge in [-0.25, -0.2) is 13.7 Å². The SMILES string of the molecule is CC(C)c1cc(-c2ccccc2OCc2ccccc2)cc(C(C)CN=S(N)(=O)c2ccc(CN(C)C)cc2)c1CC=O. The summed E-state index contributed by atoms with van der Waals surface area (Å²) in [6, 6.07) is 29.9. The van der Waals surface area contributed by atoms with Crippen LogP contribution in [0.3, 0.4) is 0 Å². The number of hydrogen-bond acceptors (Lipinski definition) is 5. The molecule has 0 aliphatic rings. The highest BCUT2D eigenvalue weighted by Gasteiger charge is 2.20. The summed E-state index contributed by atoms with van der Waals surface area (Å²) in [6.07, 6.45) is 1.25. The van der Waals surface area contributed by atoms with E-state index in [2.05, 4.69) is 48.2 Å². The van der Waals surface area contributed by atoms with E-state index in [-0.39, 0.29) is 18.4 Å². The van der Waals surface area contributed by atoms with E-state index in [1.807, 2.05) is 74.8 Å². The monoisotopic (exact) mass is 597 g/mol. The lowest BCUT2D eigenvalue weighted by molar-refractivity contribution is -0.107. The Balaban J connectivity index is 1.70. The average molecular weight is 598 g/mol. The van der Waals surface area contributed by atoms with Gasteiger partial charge in [0.05, 0.1) is 11.4 Å². The van der Waals surface area contributed by atoms with Crippen LogP contribution in [-0.2, 0) is 34.3 Å². The first kappa shape index (κ1) is 32.1. The summed E-state index contributed by atoms with van der Waals surface area (Å²) in [7, 11) is 0.920. The Labute approximate surface area is 257 Å². The molecule has 0 heterocycles. The number of hydrogen-bond donors (Lipinski definition) is 1. The van der Waals surface area contributed by atoms with Crippen LogP contribution in [0.25, 0.3) is 11.1 Å². The number of ether oxygens (including phenoxy) is 1. The first-order valence-corrected chi connectivity index (χ1v) is 16.3. The third-order valence-electron chi connectivity index (χ3n) is 7.49. The van der Waals surface area contributed by atoms with Gasteiger partial charge in [-0.3, -0.25) is 0 Å². The summed E-state index contributed by atoms with van der Waals surface area (Å²) < 4.78 is 24.3. The molecule has 0 bridgehead atoms. The topological polar surface area (TPSA) is 85.0 Å². The van der Waals surface area contributed by atoms with Crippen molar-refractivity contribution in [3.8, 4) is 16.9 Å². The van der Waals surface area contributed by atoms with Gasteiger partial charge in [0.2, 0.25) is 0 Å². The van der Waals surface area contributed by atoms with Crippen molar-refractivity contribution in [2.75, 3.05) is 20.6 Å². The van der Waals surface area contributed by atoms with E-state index in [0.29, 0.717) is 17.9 Å². The van der Waals surface area contributed by atoms with Gasteiger partial charge in [0.25, 0.3) is 0 Å². The Morgan fingerprint density at radius 1 is 0.884 bits per heavy atom. The number of nitrogens with zero attached hydrogens (tertiary/aromatic N) is 2. The minimum Gasteiger partial charge on any atom is -0.488 e. The molecule has 0 aliphatic heterocycles. The van der Waals surface area contributed by atoms with Gasteiger partial charge in [-0.15, -0.1) is 0 Å². The van der Waals surface area contributed by atoms with Crippen molar-refractivity contribution in [2.45, 2.75) is 57.1 Å². The third kappa shape index (κ3) is 8.41. The van der Waals surface area contributed by atoms with Gasteiger partial charge < -0.3 is 14.4 Å². The Bertz CT molecular complexity index is 1640. The zero-order valence-corrected chi connectivity index (χ0v) is 26.6. The quantitative estimate of drug-likeness (QED) is 0.163. The summed E-state index contributed by atoms with van der Waals surface area (Å²) in [6.45, 7) is 7.83. The van der Waals surface area contributed by atoms with Crippen LogP contribution in [0.15, 0.2) is 100 Å². The Morgan fingerprint density at radius 2 is 1.53 bits per heavy atom. The predicted octanol–water partition coefficient (Wildman–Crippen LogP) is 7.36. The molecule has 2 N–H and O–H groups in total. The Kier molecular flexibility index (Phi) is 10.9. The lowest BCUT2D eigenvalue weighted by Gasteiger charge is -2.23. The maximum atomic E-state index is 13.5. The fourth-order valence-electron chi connectivity index (χ4n) is 5.26. The number of benzene rings is 4. The molecule has 4 aromatic rings. The number of carbonyl (C=O) groups is 1. The van der Waals surface area contributed by atoms with Crippen molar-refractivity contribution in [1.29, 1.82) is 0 Å². The summed E-state index contributed by atoms with van der Waals surface area (Å²) in [5.41, 5.74) is 7.30. The summed E-state index contributed by atoms with van der Waals surface area (Å²) in [4.78, 5) is 14.4. The van der Waals surface area contributed by atoms with Gasteiger partial charge >= 0.3 is 0 Å². The molecule has 0 radical (unpaired) electrons. The highest BCUT2D eigenvalue weighted by molar-refractivity contribution is 7.91. The smallest absolute Gasteiger partial charge is 0.134 e. The van der Waals surface area contributed by atoms with Crippen molar-refractivity contribution >= 4 is 16.2 Å². The Morgan fingerprint density at radius 3 is 2.19 bits per heavy atom. The molecule has 0 amide bonds. The molecule has 6 nitrogen and oxygen atoms in total. The third-order valence-corrected chi connectivity index (χ3v) is 8.97. The van der Waals surface area contributed by atoms with Crippen LogP contribution in [0, 0.1) is 0 Å². The van der Waals surface area contributed by atoms with E-state index < -0.39 is 9.92 Å². The van der Waals surface area contributed by atoms with Crippen LogP contribution in [0.2, 0.25) is 0 Å². The van der Waals surface area contributed by atoms with Crippen LogP contribution in [0.5, 0.6) is 5.75 Å². The molecule has 0 saturated carbocycles. The number of para-hydroxylation sites is 1. The number of aldehydes is 1. The maximum absolute atomic E-state index is 13.5. The van der Waals surface area contributed by atoms with E-state index >= 15 is 0 Å². The molecule has 2 atom stereocenters. The zero-order valence-electron chi connectivity index (χ0n) is 25.8. The van der Waals surface area contributed by atoms with Gasteiger partial charge in [0.15, 0.2) is 0 Å². The fourth-order valence-corrected chi connectivity index (χ4v) is 6.38. The molecule has 0 aliphatic carbocycles. The molecular formula is C36H43N3O3S. The molecule has 0 spiro atoms. The second-order valence-electron chi connectivity index (χ2n) is 11.6. The molecule has 2 unspecified atom stereocenters. The summed E-state index contributed by atoms with van der Waals surface area (Å²) in [5, 5.41) is 6.29. The van der Waals surface area contributed by atoms with Gasteiger partial charge in [-0.2, -0.15) is 0 Å². The first-order chi connectivity index (χ1) is 20.6. The van der Waals surface area contributed by atoms with Crippen molar-refractivity contribution in [3.63, 3.8) is 0 Å². The lowest BCUT2D eigenvalue weighted by atomic mass is 9.83. The fraction of sp³-hybridized carbons (Fsp3) is 0.306. The number of carbonyl (C=O) groups excluding carboxylic acids is 1. The van der Waals surface area contributed by atoms with Gasteiger partial charge in [-0.1, -0.05) is 93.6 Å². The highest BCUT2D eigenvalue weighted by atomic mass is 32.2. The number of rotatable bonds is 13. The van der Waals surface area contributed by atoms with E-state index in [9.17, 15) is 9.00 Å². The average Bonchev–Trinajstić information content (AvgIpc) is 2.99. The van der Waals surface area contributed by atoms with Crippen LogP contribution in [0.4, 0.5) is 0 Å². The molecule has 43 heavy (non-hydrogen) atoms. The normalized spacial score (nSPS) is 13.5. The van der Waals surface area contributed by atoms with Crippen molar-refractivity contribution in [2.24, 2.45) is 9.50 Å². The Hall–Kier alpha value is -3.78. The van der Waals surface area contributed by atoms with Crippen LogP contribution < -0.4 is 9.88 Å². The molecule has 7 heteroatoms. The van der Waals surface area contributed by atoms with E-state index in [1.54, 1.807) is 12.1 Å². The van der Waals surface area contributed by atoms with Gasteiger partial charge in [0.1, 0.15) is 28.6 Å². The highest BCUT2D eigenvalue weighted by Crippen LogP contribution is 2.37. The van der Waals surface area contributed by atoms with Crippen LogP contribution >= 0.6 is 0 Å². The molecule has 0 aromatic heterocycles. The van der Waals surface area contributed by atoms with E-state index in [0.717, 1.165) is 57.5 Å².